The van der Waals surface area contributed by atoms with Gasteiger partial charge in [0.1, 0.15) is 22.9 Å². The molecule has 1 fully saturated rings. The SMILES string of the molecule is CC(C)(C)OC(=O)N1CCC(NC(=O)c2cc(C(=O)c3c(F)cccc3F)c[nH]2)CC1. The van der Waals surface area contributed by atoms with Crippen LogP contribution in [0.4, 0.5) is 13.6 Å². The number of carbonyl (C=O) groups excluding carboxylic acids is 3. The quantitative estimate of drug-likeness (QED) is 0.720. The number of ketones is 1. The standard InChI is InChI=1S/C22H25F2N3O4/c1-22(2,3)31-21(30)27-9-7-14(8-10-27)26-20(29)17-11-13(12-25-17)19(28)18-15(23)5-4-6-16(18)24/h4-6,11-12,14,25H,7-10H2,1-3H3,(H,26,29). The molecule has 1 saturated heterocycles. The van der Waals surface area contributed by atoms with E-state index in [1.807, 2.05) is 0 Å². The Morgan fingerprint density at radius 3 is 2.32 bits per heavy atom. The van der Waals surface area contributed by atoms with E-state index in [1.54, 1.807) is 25.7 Å². The Kier molecular flexibility index (Phi) is 6.42. The first-order valence-electron chi connectivity index (χ1n) is 10.0. The first-order valence-corrected chi connectivity index (χ1v) is 10.0. The molecule has 9 heteroatoms. The van der Waals surface area contributed by atoms with E-state index in [0.29, 0.717) is 25.9 Å². The molecular weight excluding hydrogens is 408 g/mol. The van der Waals surface area contributed by atoms with E-state index in [-0.39, 0.29) is 23.4 Å². The average molecular weight is 433 g/mol. The summed E-state index contributed by atoms with van der Waals surface area (Å²) in [7, 11) is 0. The molecule has 1 aromatic carbocycles. The van der Waals surface area contributed by atoms with E-state index in [0.717, 1.165) is 12.1 Å². The Morgan fingerprint density at radius 2 is 1.74 bits per heavy atom. The lowest BCUT2D eigenvalue weighted by Gasteiger charge is -2.33. The number of benzene rings is 1. The van der Waals surface area contributed by atoms with Gasteiger partial charge in [-0.05, 0) is 51.8 Å². The number of piperidine rings is 1. The Hall–Kier alpha value is -3.23. The second kappa shape index (κ2) is 8.87. The molecule has 0 saturated carbocycles. The fourth-order valence-corrected chi connectivity index (χ4v) is 3.31. The highest BCUT2D eigenvalue weighted by Crippen LogP contribution is 2.19. The van der Waals surface area contributed by atoms with Gasteiger partial charge in [0.15, 0.2) is 5.78 Å². The zero-order chi connectivity index (χ0) is 22.8. The summed E-state index contributed by atoms with van der Waals surface area (Å²) < 4.78 is 33.1. The van der Waals surface area contributed by atoms with Crippen molar-refractivity contribution in [3.63, 3.8) is 0 Å². The number of nitrogens with zero attached hydrogens (tertiary/aromatic N) is 1. The summed E-state index contributed by atoms with van der Waals surface area (Å²) in [6.07, 6.45) is 1.97. The fourth-order valence-electron chi connectivity index (χ4n) is 3.31. The summed E-state index contributed by atoms with van der Waals surface area (Å²) in [4.78, 5) is 41.3. The number of hydrogen-bond donors (Lipinski definition) is 2. The second-order valence-electron chi connectivity index (χ2n) is 8.44. The maximum absolute atomic E-state index is 13.9. The number of ether oxygens (including phenoxy) is 1. The van der Waals surface area contributed by atoms with E-state index in [2.05, 4.69) is 10.3 Å². The molecule has 7 nitrogen and oxygen atoms in total. The summed E-state index contributed by atoms with van der Waals surface area (Å²) in [6.45, 7) is 6.29. The van der Waals surface area contributed by atoms with Crippen molar-refractivity contribution in [1.29, 1.82) is 0 Å². The molecule has 2 N–H and O–H groups in total. The van der Waals surface area contributed by atoms with Gasteiger partial charge in [0.2, 0.25) is 0 Å². The molecule has 1 aliphatic rings. The summed E-state index contributed by atoms with van der Waals surface area (Å²) >= 11 is 0. The number of aromatic amines is 1. The minimum absolute atomic E-state index is 0.0195. The van der Waals surface area contributed by atoms with Crippen LogP contribution in [0, 0.1) is 11.6 Å². The van der Waals surface area contributed by atoms with Gasteiger partial charge in [-0.25, -0.2) is 13.6 Å². The molecular formula is C22H25F2N3O4. The molecule has 1 aliphatic heterocycles. The minimum Gasteiger partial charge on any atom is -0.444 e. The van der Waals surface area contributed by atoms with Crippen molar-refractivity contribution in [3.8, 4) is 0 Å². The van der Waals surface area contributed by atoms with Crippen molar-refractivity contribution in [2.24, 2.45) is 0 Å². The normalized spacial score (nSPS) is 14.9. The van der Waals surface area contributed by atoms with E-state index < -0.39 is 34.5 Å². The number of H-pyrrole nitrogens is 1. The van der Waals surface area contributed by atoms with Gasteiger partial charge in [-0.3, -0.25) is 9.59 Å². The summed E-state index contributed by atoms with van der Waals surface area (Å²) in [5, 5.41) is 2.85. The predicted octanol–water partition coefficient (Wildman–Crippen LogP) is 3.65. The van der Waals surface area contributed by atoms with Crippen LogP contribution in [0.1, 0.15) is 60.0 Å². The van der Waals surface area contributed by atoms with Crippen LogP contribution in [0.25, 0.3) is 0 Å². The molecule has 1 aromatic heterocycles. The van der Waals surface area contributed by atoms with Crippen molar-refractivity contribution in [2.45, 2.75) is 45.3 Å². The lowest BCUT2D eigenvalue weighted by atomic mass is 10.0. The second-order valence-corrected chi connectivity index (χ2v) is 8.44. The highest BCUT2D eigenvalue weighted by molar-refractivity contribution is 6.10. The number of halogens is 2. The third kappa shape index (κ3) is 5.48. The van der Waals surface area contributed by atoms with Crippen LogP contribution in [0.5, 0.6) is 0 Å². The largest absolute Gasteiger partial charge is 0.444 e. The number of aromatic nitrogens is 1. The lowest BCUT2D eigenvalue weighted by molar-refractivity contribution is 0.0199. The van der Waals surface area contributed by atoms with Crippen LogP contribution >= 0.6 is 0 Å². The molecule has 166 valence electrons. The molecule has 0 bridgehead atoms. The van der Waals surface area contributed by atoms with Crippen molar-refractivity contribution >= 4 is 17.8 Å². The molecule has 0 atom stereocenters. The van der Waals surface area contributed by atoms with Gasteiger partial charge in [-0.2, -0.15) is 0 Å². The Bertz CT molecular complexity index is 969. The topological polar surface area (TPSA) is 91.5 Å². The minimum atomic E-state index is -0.964. The highest BCUT2D eigenvalue weighted by atomic mass is 19.1. The lowest BCUT2D eigenvalue weighted by Crippen LogP contribution is -2.47. The Balaban J connectivity index is 1.58. The summed E-state index contributed by atoms with van der Waals surface area (Å²) in [6, 6.07) is 4.28. The number of amides is 2. The van der Waals surface area contributed by atoms with E-state index in [9.17, 15) is 23.2 Å². The van der Waals surface area contributed by atoms with Gasteiger partial charge in [0, 0.05) is 30.9 Å². The third-order valence-electron chi connectivity index (χ3n) is 4.86. The van der Waals surface area contributed by atoms with E-state index in [1.165, 1.54) is 18.3 Å². The van der Waals surface area contributed by atoms with Gasteiger partial charge in [0.05, 0.1) is 5.56 Å². The van der Waals surface area contributed by atoms with E-state index in [4.69, 9.17) is 4.74 Å². The molecule has 0 unspecified atom stereocenters. The Labute approximate surface area is 178 Å². The summed E-state index contributed by atoms with van der Waals surface area (Å²) in [5.41, 5.74) is -1.15. The molecule has 0 radical (unpaired) electrons. The van der Waals surface area contributed by atoms with Crippen LogP contribution < -0.4 is 5.32 Å². The third-order valence-corrected chi connectivity index (χ3v) is 4.86. The van der Waals surface area contributed by atoms with Crippen LogP contribution in [0.3, 0.4) is 0 Å². The monoisotopic (exact) mass is 433 g/mol. The van der Waals surface area contributed by atoms with Gasteiger partial charge in [-0.1, -0.05) is 6.07 Å². The van der Waals surface area contributed by atoms with Gasteiger partial charge in [0.25, 0.3) is 5.91 Å². The number of nitrogens with one attached hydrogen (secondary N) is 2. The average Bonchev–Trinajstić information content (AvgIpc) is 3.17. The van der Waals surface area contributed by atoms with Gasteiger partial charge >= 0.3 is 6.09 Å². The Morgan fingerprint density at radius 1 is 1.13 bits per heavy atom. The maximum Gasteiger partial charge on any atom is 0.410 e. The highest BCUT2D eigenvalue weighted by Gasteiger charge is 2.28. The van der Waals surface area contributed by atoms with Crippen LogP contribution in [-0.2, 0) is 4.74 Å². The molecule has 0 aliphatic carbocycles. The van der Waals surface area contributed by atoms with Crippen molar-refractivity contribution in [1.82, 2.24) is 15.2 Å². The zero-order valence-electron chi connectivity index (χ0n) is 17.6. The molecule has 3 rings (SSSR count). The number of hydrogen-bond acceptors (Lipinski definition) is 4. The number of carbonyl (C=O) groups is 3. The first-order chi connectivity index (χ1) is 14.5. The van der Waals surface area contributed by atoms with Gasteiger partial charge in [-0.15, -0.1) is 0 Å². The molecule has 2 amide bonds. The molecule has 0 spiro atoms. The van der Waals surface area contributed by atoms with Crippen LogP contribution in [0.15, 0.2) is 30.5 Å². The number of rotatable bonds is 4. The molecule has 31 heavy (non-hydrogen) atoms. The van der Waals surface area contributed by atoms with Crippen LogP contribution in [0.2, 0.25) is 0 Å². The zero-order valence-corrected chi connectivity index (χ0v) is 17.6. The number of likely N-dealkylation sites (tertiary alicyclic amines) is 1. The smallest absolute Gasteiger partial charge is 0.410 e. The van der Waals surface area contributed by atoms with Crippen molar-refractivity contribution < 1.29 is 27.9 Å². The van der Waals surface area contributed by atoms with Gasteiger partial charge < -0.3 is 19.9 Å². The maximum atomic E-state index is 13.9. The van der Waals surface area contributed by atoms with Crippen molar-refractivity contribution in [3.05, 3.63) is 58.9 Å². The first kappa shape index (κ1) is 22.5. The fraction of sp³-hybridized carbons (Fsp3) is 0.409. The van der Waals surface area contributed by atoms with Crippen LogP contribution in [-0.4, -0.2) is 52.4 Å². The predicted molar refractivity (Wildman–Crippen MR) is 109 cm³/mol. The molecule has 2 heterocycles. The summed E-state index contributed by atoms with van der Waals surface area (Å²) in [5.74, 6) is -3.22. The van der Waals surface area contributed by atoms with E-state index >= 15 is 0 Å². The molecule has 2 aromatic rings. The van der Waals surface area contributed by atoms with Crippen molar-refractivity contribution in [2.75, 3.05) is 13.1 Å².